The molecule has 33 heavy (non-hydrogen) atoms. The molecule has 1 amide bonds. The predicted octanol–water partition coefficient (Wildman–Crippen LogP) is 2.77. The van der Waals surface area contributed by atoms with Gasteiger partial charge in [0.25, 0.3) is 0 Å². The summed E-state index contributed by atoms with van der Waals surface area (Å²) in [6, 6.07) is 12.5. The van der Waals surface area contributed by atoms with Crippen molar-refractivity contribution in [3.63, 3.8) is 0 Å². The van der Waals surface area contributed by atoms with E-state index >= 15 is 0 Å². The molecule has 180 valence electrons. The molecule has 0 aliphatic carbocycles. The number of benzene rings is 2. The zero-order chi connectivity index (χ0) is 24.2. The lowest BCUT2D eigenvalue weighted by Gasteiger charge is -2.31. The molecule has 0 spiro atoms. The number of hydrogen-bond donors (Lipinski definition) is 1. The third kappa shape index (κ3) is 5.93. The maximum atomic E-state index is 12.9. The summed E-state index contributed by atoms with van der Waals surface area (Å²) in [6.45, 7) is 2.48. The molecular formula is C23H30N2O6S2. The van der Waals surface area contributed by atoms with Crippen molar-refractivity contribution in [2.45, 2.75) is 42.0 Å². The van der Waals surface area contributed by atoms with Crippen LogP contribution in [-0.4, -0.2) is 53.5 Å². The van der Waals surface area contributed by atoms with Gasteiger partial charge in [0, 0.05) is 25.3 Å². The standard InChI is InChI=1S/C23H30N2O6S2/c1-4-22(17-5-9-20(10-6-17)32(3,27)28)24-23(26)18-13-15-25(16-14-18)33(29,30)21-11-7-19(31-2)8-12-21/h5-12,18,22H,4,13-16H2,1-3H3,(H,24,26). The van der Waals surface area contributed by atoms with Crippen LogP contribution in [0.5, 0.6) is 5.75 Å². The van der Waals surface area contributed by atoms with Gasteiger partial charge in [-0.25, -0.2) is 16.8 Å². The lowest BCUT2D eigenvalue weighted by molar-refractivity contribution is -0.126. The molecule has 3 rings (SSSR count). The average Bonchev–Trinajstić information content (AvgIpc) is 2.82. The zero-order valence-electron chi connectivity index (χ0n) is 19.0. The van der Waals surface area contributed by atoms with E-state index in [1.54, 1.807) is 36.4 Å². The van der Waals surface area contributed by atoms with Gasteiger partial charge in [-0.1, -0.05) is 19.1 Å². The highest BCUT2D eigenvalue weighted by atomic mass is 32.2. The van der Waals surface area contributed by atoms with Gasteiger partial charge in [0.1, 0.15) is 5.75 Å². The summed E-state index contributed by atoms with van der Waals surface area (Å²) in [5.74, 6) is 0.188. The smallest absolute Gasteiger partial charge is 0.243 e. The largest absolute Gasteiger partial charge is 0.497 e. The molecule has 0 radical (unpaired) electrons. The molecule has 0 aromatic heterocycles. The first kappa shape index (κ1) is 25.2. The Hall–Kier alpha value is -2.43. The Bertz CT molecular complexity index is 1170. The van der Waals surface area contributed by atoms with E-state index in [1.807, 2.05) is 6.92 Å². The average molecular weight is 495 g/mol. The summed E-state index contributed by atoms with van der Waals surface area (Å²) in [6.07, 6.45) is 2.67. The Morgan fingerprint density at radius 1 is 1.00 bits per heavy atom. The fourth-order valence-electron chi connectivity index (χ4n) is 3.91. The van der Waals surface area contributed by atoms with Crippen LogP contribution < -0.4 is 10.1 Å². The Balaban J connectivity index is 1.61. The van der Waals surface area contributed by atoms with Crippen LogP contribution in [-0.2, 0) is 24.7 Å². The van der Waals surface area contributed by atoms with Crippen LogP contribution >= 0.6 is 0 Å². The summed E-state index contributed by atoms with van der Waals surface area (Å²) in [7, 11) is -5.39. The molecular weight excluding hydrogens is 464 g/mol. The van der Waals surface area contributed by atoms with E-state index in [-0.39, 0.29) is 40.7 Å². The quantitative estimate of drug-likeness (QED) is 0.604. The number of carbonyl (C=O) groups is 1. The second-order valence-electron chi connectivity index (χ2n) is 8.16. The molecule has 10 heteroatoms. The number of nitrogens with zero attached hydrogens (tertiary/aromatic N) is 1. The van der Waals surface area contributed by atoms with E-state index in [0.29, 0.717) is 25.0 Å². The maximum absolute atomic E-state index is 12.9. The van der Waals surface area contributed by atoms with Gasteiger partial charge < -0.3 is 10.1 Å². The number of methoxy groups -OCH3 is 1. The summed E-state index contributed by atoms with van der Waals surface area (Å²) in [5, 5.41) is 3.04. The SMILES string of the molecule is CCC(NC(=O)C1CCN(S(=O)(=O)c2ccc(OC)cc2)CC1)c1ccc(S(C)(=O)=O)cc1. The third-order valence-electron chi connectivity index (χ3n) is 5.96. The minimum atomic E-state index is -3.63. The van der Waals surface area contributed by atoms with Crippen molar-refractivity contribution in [1.29, 1.82) is 0 Å². The summed E-state index contributed by atoms with van der Waals surface area (Å²) < 4.78 is 55.6. The van der Waals surface area contributed by atoms with Gasteiger partial charge in [-0.05, 0) is 61.2 Å². The second kappa shape index (κ2) is 10.2. The molecule has 1 fully saturated rings. The number of sulfone groups is 1. The number of nitrogens with one attached hydrogen (secondary N) is 1. The number of ether oxygens (including phenoxy) is 1. The minimum absolute atomic E-state index is 0.115. The van der Waals surface area contributed by atoms with Crippen molar-refractivity contribution in [3.05, 3.63) is 54.1 Å². The Morgan fingerprint density at radius 2 is 1.55 bits per heavy atom. The van der Waals surface area contributed by atoms with Crippen LogP contribution in [0.3, 0.4) is 0 Å². The van der Waals surface area contributed by atoms with Crippen LogP contribution in [0, 0.1) is 5.92 Å². The minimum Gasteiger partial charge on any atom is -0.497 e. The normalized spacial score (nSPS) is 16.8. The maximum Gasteiger partial charge on any atom is 0.243 e. The van der Waals surface area contributed by atoms with Crippen molar-refractivity contribution in [2.24, 2.45) is 5.92 Å². The second-order valence-corrected chi connectivity index (χ2v) is 12.1. The van der Waals surface area contributed by atoms with Gasteiger partial charge in [-0.3, -0.25) is 4.79 Å². The number of hydrogen-bond acceptors (Lipinski definition) is 6. The molecule has 1 atom stereocenters. The molecule has 1 aliphatic heterocycles. The van der Waals surface area contributed by atoms with Crippen LogP contribution in [0.1, 0.15) is 37.8 Å². The van der Waals surface area contributed by atoms with Crippen molar-refractivity contribution in [1.82, 2.24) is 9.62 Å². The fraction of sp³-hybridized carbons (Fsp3) is 0.435. The number of rotatable bonds is 8. The van der Waals surface area contributed by atoms with Gasteiger partial charge in [0.15, 0.2) is 9.84 Å². The first-order valence-corrected chi connectivity index (χ1v) is 14.1. The van der Waals surface area contributed by atoms with E-state index in [9.17, 15) is 21.6 Å². The van der Waals surface area contributed by atoms with Gasteiger partial charge in [-0.15, -0.1) is 0 Å². The molecule has 0 saturated carbocycles. The summed E-state index contributed by atoms with van der Waals surface area (Å²) in [4.78, 5) is 13.3. The molecule has 1 saturated heterocycles. The van der Waals surface area contributed by atoms with Crippen molar-refractivity contribution < 1.29 is 26.4 Å². The monoisotopic (exact) mass is 494 g/mol. The highest BCUT2D eigenvalue weighted by Crippen LogP contribution is 2.26. The molecule has 1 aliphatic rings. The van der Waals surface area contributed by atoms with Gasteiger partial charge >= 0.3 is 0 Å². The Morgan fingerprint density at radius 3 is 2.03 bits per heavy atom. The Kier molecular flexibility index (Phi) is 7.81. The molecule has 1 unspecified atom stereocenters. The topological polar surface area (TPSA) is 110 Å². The molecule has 0 bridgehead atoms. The molecule has 8 nitrogen and oxygen atoms in total. The predicted molar refractivity (Wildman–Crippen MR) is 125 cm³/mol. The van der Waals surface area contributed by atoms with Crippen LogP contribution in [0.4, 0.5) is 0 Å². The van der Waals surface area contributed by atoms with E-state index < -0.39 is 19.9 Å². The lowest BCUT2D eigenvalue weighted by atomic mass is 9.96. The van der Waals surface area contributed by atoms with Crippen LogP contribution in [0.15, 0.2) is 58.3 Å². The van der Waals surface area contributed by atoms with Crippen molar-refractivity contribution >= 4 is 25.8 Å². The number of carbonyl (C=O) groups excluding carboxylic acids is 1. The number of sulfonamides is 1. The highest BCUT2D eigenvalue weighted by molar-refractivity contribution is 7.90. The summed E-state index contributed by atoms with van der Waals surface area (Å²) >= 11 is 0. The van der Waals surface area contributed by atoms with Crippen LogP contribution in [0.25, 0.3) is 0 Å². The van der Waals surface area contributed by atoms with E-state index in [4.69, 9.17) is 4.74 Å². The molecule has 1 N–H and O–H groups in total. The van der Waals surface area contributed by atoms with Crippen molar-refractivity contribution in [3.8, 4) is 5.75 Å². The van der Waals surface area contributed by atoms with Crippen LogP contribution in [0.2, 0.25) is 0 Å². The summed E-state index contributed by atoms with van der Waals surface area (Å²) in [5.41, 5.74) is 0.831. The first-order chi connectivity index (χ1) is 15.6. The highest BCUT2D eigenvalue weighted by Gasteiger charge is 2.32. The molecule has 2 aromatic rings. The Labute approximate surface area is 195 Å². The van der Waals surface area contributed by atoms with Crippen molar-refractivity contribution in [2.75, 3.05) is 26.5 Å². The first-order valence-electron chi connectivity index (χ1n) is 10.8. The number of piperidine rings is 1. The van der Waals surface area contributed by atoms with E-state index in [2.05, 4.69) is 5.32 Å². The number of amides is 1. The van der Waals surface area contributed by atoms with Gasteiger partial charge in [0.2, 0.25) is 15.9 Å². The van der Waals surface area contributed by atoms with Gasteiger partial charge in [0.05, 0.1) is 22.9 Å². The zero-order valence-corrected chi connectivity index (χ0v) is 20.7. The van der Waals surface area contributed by atoms with Gasteiger partial charge in [-0.2, -0.15) is 4.31 Å². The van der Waals surface area contributed by atoms with E-state index in [1.165, 1.54) is 23.5 Å². The lowest BCUT2D eigenvalue weighted by Crippen LogP contribution is -2.43. The molecule has 1 heterocycles. The van der Waals surface area contributed by atoms with E-state index in [0.717, 1.165) is 11.8 Å². The fourth-order valence-corrected chi connectivity index (χ4v) is 6.01. The third-order valence-corrected chi connectivity index (χ3v) is 9.00. The molecule has 2 aromatic carbocycles.